The summed E-state index contributed by atoms with van der Waals surface area (Å²) in [7, 11) is 0. The smallest absolute Gasteiger partial charge is 0.129 e. The minimum Gasteiger partial charge on any atom is -0.310 e. The first kappa shape index (κ1) is 14.5. The molecule has 1 aromatic rings. The van der Waals surface area contributed by atoms with Gasteiger partial charge in [-0.2, -0.15) is 0 Å². The number of hydrogen-bond acceptors (Lipinski definition) is 2. The first-order valence-corrected chi connectivity index (χ1v) is 6.87. The molecule has 3 heteroatoms. The molecule has 0 bridgehead atoms. The third-order valence-electron chi connectivity index (χ3n) is 2.37. The molecule has 0 saturated heterocycles. The minimum absolute atomic E-state index is 0.0473. The van der Waals surface area contributed by atoms with Crippen molar-refractivity contribution in [2.24, 2.45) is 0 Å². The molecule has 0 aliphatic heterocycles. The number of thioether (sulfide) groups is 1. The summed E-state index contributed by atoms with van der Waals surface area (Å²) in [5.41, 5.74) is 0.786. The summed E-state index contributed by atoms with van der Waals surface area (Å²) < 4.78 is 14.0. The molecule has 1 atom stereocenters. The quantitative estimate of drug-likeness (QED) is 0.801. The third kappa shape index (κ3) is 4.32. The standard InChI is InChI=1S/C14H22FNS/c1-6-16-10(2)13-11(15)8-7-9-12(13)17-14(3,4)5/h7-10,16H,6H2,1-5H3. The van der Waals surface area contributed by atoms with Gasteiger partial charge in [0.2, 0.25) is 0 Å². The summed E-state index contributed by atoms with van der Waals surface area (Å²) >= 11 is 1.72. The van der Waals surface area contributed by atoms with Crippen molar-refractivity contribution in [1.82, 2.24) is 5.32 Å². The third-order valence-corrected chi connectivity index (χ3v) is 3.56. The molecule has 1 nitrogen and oxygen atoms in total. The normalized spacial score (nSPS) is 13.8. The Morgan fingerprint density at radius 1 is 1.35 bits per heavy atom. The molecule has 1 N–H and O–H groups in total. The van der Waals surface area contributed by atoms with Crippen LogP contribution in [0.4, 0.5) is 4.39 Å². The van der Waals surface area contributed by atoms with Crippen molar-refractivity contribution in [2.45, 2.75) is 50.3 Å². The molecule has 1 rings (SSSR count). The molecule has 0 fully saturated rings. The van der Waals surface area contributed by atoms with E-state index in [0.717, 1.165) is 17.0 Å². The summed E-state index contributed by atoms with van der Waals surface area (Å²) in [6.07, 6.45) is 0. The van der Waals surface area contributed by atoms with Gasteiger partial charge in [-0.05, 0) is 25.6 Å². The van der Waals surface area contributed by atoms with Crippen LogP contribution in [0, 0.1) is 5.82 Å². The van der Waals surface area contributed by atoms with E-state index in [4.69, 9.17) is 0 Å². The largest absolute Gasteiger partial charge is 0.310 e. The zero-order valence-corrected chi connectivity index (χ0v) is 12.1. The van der Waals surface area contributed by atoms with Gasteiger partial charge >= 0.3 is 0 Å². The van der Waals surface area contributed by atoms with Crippen LogP contribution in [0.3, 0.4) is 0 Å². The Balaban J connectivity index is 3.08. The zero-order chi connectivity index (χ0) is 13.1. The second-order valence-corrected chi connectivity index (χ2v) is 7.01. The highest BCUT2D eigenvalue weighted by atomic mass is 32.2. The maximum atomic E-state index is 13.9. The van der Waals surface area contributed by atoms with Crippen molar-refractivity contribution in [3.63, 3.8) is 0 Å². The van der Waals surface area contributed by atoms with Gasteiger partial charge in [-0.15, -0.1) is 11.8 Å². The molecule has 0 aliphatic rings. The van der Waals surface area contributed by atoms with Crippen LogP contribution in [0.1, 0.15) is 46.2 Å². The predicted molar refractivity (Wildman–Crippen MR) is 74.1 cm³/mol. The average molecular weight is 255 g/mol. The van der Waals surface area contributed by atoms with Crippen molar-refractivity contribution in [2.75, 3.05) is 6.54 Å². The molecule has 96 valence electrons. The van der Waals surface area contributed by atoms with Crippen LogP contribution >= 0.6 is 11.8 Å². The second-order valence-electron chi connectivity index (χ2n) is 5.15. The van der Waals surface area contributed by atoms with Crippen molar-refractivity contribution < 1.29 is 4.39 Å². The van der Waals surface area contributed by atoms with Gasteiger partial charge in [-0.3, -0.25) is 0 Å². The summed E-state index contributed by atoms with van der Waals surface area (Å²) in [6, 6.07) is 5.37. The SMILES string of the molecule is CCNC(C)c1c(F)cccc1SC(C)(C)C. The lowest BCUT2D eigenvalue weighted by atomic mass is 10.1. The van der Waals surface area contributed by atoms with Crippen LogP contribution < -0.4 is 5.32 Å². The maximum Gasteiger partial charge on any atom is 0.129 e. The molecule has 1 aromatic carbocycles. The van der Waals surface area contributed by atoms with Crippen molar-refractivity contribution in [1.29, 1.82) is 0 Å². The van der Waals surface area contributed by atoms with Gasteiger partial charge in [0, 0.05) is 21.2 Å². The fourth-order valence-electron chi connectivity index (χ4n) is 1.76. The molecular formula is C14H22FNS. The van der Waals surface area contributed by atoms with Crippen LogP contribution in [-0.4, -0.2) is 11.3 Å². The van der Waals surface area contributed by atoms with Crippen LogP contribution in [0.2, 0.25) is 0 Å². The molecule has 0 aromatic heterocycles. The predicted octanol–water partition coefficient (Wildman–Crippen LogP) is 4.39. The van der Waals surface area contributed by atoms with Crippen LogP contribution in [0.25, 0.3) is 0 Å². The molecule has 0 spiro atoms. The number of nitrogens with one attached hydrogen (secondary N) is 1. The number of halogens is 1. The molecule has 0 amide bonds. The highest BCUT2D eigenvalue weighted by Gasteiger charge is 2.19. The average Bonchev–Trinajstić information content (AvgIpc) is 2.15. The van der Waals surface area contributed by atoms with E-state index in [9.17, 15) is 4.39 Å². The number of rotatable bonds is 4. The maximum absolute atomic E-state index is 13.9. The summed E-state index contributed by atoms with van der Waals surface area (Å²) in [6.45, 7) is 11.3. The lowest BCUT2D eigenvalue weighted by molar-refractivity contribution is 0.531. The van der Waals surface area contributed by atoms with Gasteiger partial charge in [0.1, 0.15) is 5.82 Å². The van der Waals surface area contributed by atoms with E-state index in [1.54, 1.807) is 17.8 Å². The Kier molecular flexibility index (Phi) is 5.02. The molecule has 1 unspecified atom stereocenters. The molecule has 0 radical (unpaired) electrons. The summed E-state index contributed by atoms with van der Waals surface area (Å²) in [5, 5.41) is 3.28. The van der Waals surface area contributed by atoms with Crippen molar-refractivity contribution in [3.8, 4) is 0 Å². The second kappa shape index (κ2) is 5.87. The van der Waals surface area contributed by atoms with Gasteiger partial charge in [-0.25, -0.2) is 4.39 Å². The fourth-order valence-corrected chi connectivity index (χ4v) is 2.96. The summed E-state index contributed by atoms with van der Waals surface area (Å²) in [5.74, 6) is -0.118. The van der Waals surface area contributed by atoms with Gasteiger partial charge in [0.25, 0.3) is 0 Å². The van der Waals surface area contributed by atoms with Crippen LogP contribution in [0.15, 0.2) is 23.1 Å². The van der Waals surface area contributed by atoms with Gasteiger partial charge in [0.05, 0.1) is 0 Å². The van der Waals surface area contributed by atoms with Crippen LogP contribution in [-0.2, 0) is 0 Å². The Morgan fingerprint density at radius 3 is 2.53 bits per heavy atom. The van der Waals surface area contributed by atoms with Crippen molar-refractivity contribution in [3.05, 3.63) is 29.6 Å². The topological polar surface area (TPSA) is 12.0 Å². The van der Waals surface area contributed by atoms with E-state index < -0.39 is 0 Å². The molecule has 0 saturated carbocycles. The zero-order valence-electron chi connectivity index (χ0n) is 11.3. The Morgan fingerprint density at radius 2 is 2.00 bits per heavy atom. The van der Waals surface area contributed by atoms with Gasteiger partial charge in [-0.1, -0.05) is 33.8 Å². The van der Waals surface area contributed by atoms with Crippen LogP contribution in [0.5, 0.6) is 0 Å². The van der Waals surface area contributed by atoms with Gasteiger partial charge < -0.3 is 5.32 Å². The van der Waals surface area contributed by atoms with E-state index in [2.05, 4.69) is 26.1 Å². The molecule has 0 aliphatic carbocycles. The van der Waals surface area contributed by atoms with E-state index in [1.165, 1.54) is 6.07 Å². The monoisotopic (exact) mass is 255 g/mol. The highest BCUT2D eigenvalue weighted by Crippen LogP contribution is 2.37. The Labute approximate surface area is 108 Å². The number of hydrogen-bond donors (Lipinski definition) is 1. The first-order valence-electron chi connectivity index (χ1n) is 6.06. The van der Waals surface area contributed by atoms with E-state index in [0.29, 0.717) is 0 Å². The summed E-state index contributed by atoms with van der Waals surface area (Å²) in [4.78, 5) is 1.03. The molecular weight excluding hydrogens is 233 g/mol. The Hall–Kier alpha value is -0.540. The van der Waals surface area contributed by atoms with E-state index in [1.807, 2.05) is 19.9 Å². The number of benzene rings is 1. The first-order chi connectivity index (χ1) is 7.85. The van der Waals surface area contributed by atoms with Crippen molar-refractivity contribution >= 4 is 11.8 Å². The van der Waals surface area contributed by atoms with E-state index in [-0.39, 0.29) is 16.6 Å². The highest BCUT2D eigenvalue weighted by molar-refractivity contribution is 8.00. The fraction of sp³-hybridized carbons (Fsp3) is 0.571. The molecule has 0 heterocycles. The van der Waals surface area contributed by atoms with Gasteiger partial charge in [0.15, 0.2) is 0 Å². The molecule has 17 heavy (non-hydrogen) atoms. The minimum atomic E-state index is -0.118. The lowest BCUT2D eigenvalue weighted by Crippen LogP contribution is -2.20. The Bertz CT molecular complexity index is 371. The lowest BCUT2D eigenvalue weighted by Gasteiger charge is -2.23. The van der Waals surface area contributed by atoms with E-state index >= 15 is 0 Å².